The highest BCUT2D eigenvalue weighted by Crippen LogP contribution is 2.18. The summed E-state index contributed by atoms with van der Waals surface area (Å²) in [5, 5.41) is 13.1. The topological polar surface area (TPSA) is 107 Å². The molecule has 7 nitrogen and oxygen atoms in total. The van der Waals surface area contributed by atoms with Crippen LogP contribution in [-0.4, -0.2) is 32.9 Å². The van der Waals surface area contributed by atoms with Crippen molar-refractivity contribution < 1.29 is 19.4 Å². The van der Waals surface area contributed by atoms with Crippen LogP contribution in [-0.2, 0) is 16.1 Å². The van der Waals surface area contributed by atoms with Crippen LogP contribution in [0.15, 0.2) is 0 Å². The van der Waals surface area contributed by atoms with Gasteiger partial charge in [-0.15, -0.1) is 0 Å². The zero-order valence-electron chi connectivity index (χ0n) is 11.3. The number of esters is 1. The monoisotopic (exact) mass is 269 g/mol. The molecule has 1 aromatic rings. The van der Waals surface area contributed by atoms with Crippen molar-refractivity contribution in [2.45, 2.75) is 46.3 Å². The van der Waals surface area contributed by atoms with Gasteiger partial charge in [-0.05, 0) is 20.3 Å². The summed E-state index contributed by atoms with van der Waals surface area (Å²) < 4.78 is 6.41. The fraction of sp³-hybridized carbons (Fsp3) is 0.583. The summed E-state index contributed by atoms with van der Waals surface area (Å²) in [6.07, 6.45) is -0.288. The number of ether oxygens (including phenoxy) is 1. The van der Waals surface area contributed by atoms with Crippen molar-refractivity contribution >= 4 is 17.6 Å². The van der Waals surface area contributed by atoms with Gasteiger partial charge in [0.2, 0.25) is 0 Å². The Kier molecular flexibility index (Phi) is 4.91. The Labute approximate surface area is 111 Å². The van der Waals surface area contributed by atoms with E-state index in [0.717, 1.165) is 0 Å². The molecule has 0 spiro atoms. The van der Waals surface area contributed by atoms with Gasteiger partial charge in [0.25, 0.3) is 0 Å². The Morgan fingerprint density at radius 2 is 2.11 bits per heavy atom. The minimum atomic E-state index is -1.16. The average Bonchev–Trinajstić information content (AvgIpc) is 2.64. The maximum Gasteiger partial charge on any atom is 0.359 e. The van der Waals surface area contributed by atoms with E-state index >= 15 is 0 Å². The fourth-order valence-electron chi connectivity index (χ4n) is 1.72. The van der Waals surface area contributed by atoms with Gasteiger partial charge in [0.15, 0.2) is 11.8 Å². The maximum atomic E-state index is 12.0. The molecule has 7 heteroatoms. The smallest absolute Gasteiger partial charge is 0.359 e. The molecule has 0 aliphatic rings. The third-order valence-electron chi connectivity index (χ3n) is 2.74. The summed E-state index contributed by atoms with van der Waals surface area (Å²) in [4.78, 5) is 23.0. The first-order valence-corrected chi connectivity index (χ1v) is 6.18. The molecule has 0 saturated carbocycles. The molecule has 19 heavy (non-hydrogen) atoms. The summed E-state index contributed by atoms with van der Waals surface area (Å²) in [5.41, 5.74) is 6.64. The number of anilines is 1. The molecule has 0 bridgehead atoms. The lowest BCUT2D eigenvalue weighted by molar-refractivity contribution is -0.147. The van der Waals surface area contributed by atoms with Crippen LogP contribution in [0.1, 0.15) is 42.9 Å². The molecule has 0 aliphatic heterocycles. The van der Waals surface area contributed by atoms with Crippen molar-refractivity contribution in [2.75, 3.05) is 5.73 Å². The zero-order chi connectivity index (χ0) is 14.6. The summed E-state index contributed by atoms with van der Waals surface area (Å²) in [7, 11) is 0. The van der Waals surface area contributed by atoms with E-state index in [0.29, 0.717) is 18.7 Å². The van der Waals surface area contributed by atoms with Crippen molar-refractivity contribution in [3.05, 3.63) is 11.4 Å². The second-order valence-corrected chi connectivity index (χ2v) is 4.18. The number of aliphatic carboxylic acids is 1. The van der Waals surface area contributed by atoms with Crippen LogP contribution < -0.4 is 5.73 Å². The van der Waals surface area contributed by atoms with Gasteiger partial charge < -0.3 is 15.6 Å². The van der Waals surface area contributed by atoms with Crippen LogP contribution in [0.3, 0.4) is 0 Å². The van der Waals surface area contributed by atoms with E-state index in [1.165, 1.54) is 4.68 Å². The lowest BCUT2D eigenvalue weighted by atomic mass is 10.2. The van der Waals surface area contributed by atoms with Gasteiger partial charge in [-0.25, -0.2) is 9.59 Å². The van der Waals surface area contributed by atoms with Crippen molar-refractivity contribution in [1.29, 1.82) is 0 Å². The highest BCUT2D eigenvalue weighted by Gasteiger charge is 2.26. The number of nitrogens with zero attached hydrogens (tertiary/aromatic N) is 2. The van der Waals surface area contributed by atoms with Gasteiger partial charge in [-0.2, -0.15) is 5.10 Å². The van der Waals surface area contributed by atoms with Gasteiger partial charge >= 0.3 is 11.9 Å². The Morgan fingerprint density at radius 1 is 1.47 bits per heavy atom. The maximum absolute atomic E-state index is 12.0. The Balaban J connectivity index is 2.97. The van der Waals surface area contributed by atoms with E-state index < -0.39 is 18.0 Å². The van der Waals surface area contributed by atoms with Crippen LogP contribution in [0.5, 0.6) is 0 Å². The Morgan fingerprint density at radius 3 is 2.58 bits per heavy atom. The number of carbonyl (C=O) groups excluding carboxylic acids is 1. The minimum Gasteiger partial charge on any atom is -0.479 e. The van der Waals surface area contributed by atoms with Crippen LogP contribution in [0.4, 0.5) is 5.69 Å². The van der Waals surface area contributed by atoms with Crippen molar-refractivity contribution in [2.24, 2.45) is 0 Å². The molecular formula is C12H19N3O4. The molecule has 1 atom stereocenters. The lowest BCUT2D eigenvalue weighted by Crippen LogP contribution is -2.28. The van der Waals surface area contributed by atoms with Crippen LogP contribution in [0.25, 0.3) is 0 Å². The Hall–Kier alpha value is -2.05. The Bertz CT molecular complexity index is 482. The lowest BCUT2D eigenvalue weighted by Gasteiger charge is -2.13. The molecule has 106 valence electrons. The van der Waals surface area contributed by atoms with Crippen LogP contribution in [0.2, 0.25) is 0 Å². The number of aromatic nitrogens is 2. The number of nitrogen functional groups attached to an aromatic ring is 1. The number of carboxylic acid groups (broad SMARTS) is 1. The first-order valence-electron chi connectivity index (χ1n) is 6.18. The molecule has 0 radical (unpaired) electrons. The second-order valence-electron chi connectivity index (χ2n) is 4.18. The molecule has 1 rings (SSSR count). The molecule has 1 aromatic heterocycles. The van der Waals surface area contributed by atoms with E-state index in [9.17, 15) is 9.59 Å². The number of hydrogen-bond acceptors (Lipinski definition) is 5. The van der Waals surface area contributed by atoms with E-state index in [2.05, 4.69) is 5.10 Å². The number of nitrogens with two attached hydrogens (primary N) is 1. The van der Waals surface area contributed by atoms with Gasteiger partial charge in [-0.1, -0.05) is 13.3 Å². The number of rotatable bonds is 6. The number of carboxylic acids is 1. The number of aryl methyl sites for hydroxylation is 2. The SMILES string of the molecule is CCCC(OC(=O)c1c(N)c(C)nn1CC)C(=O)O. The van der Waals surface area contributed by atoms with Gasteiger partial charge in [-0.3, -0.25) is 4.68 Å². The van der Waals surface area contributed by atoms with E-state index in [1.54, 1.807) is 6.92 Å². The van der Waals surface area contributed by atoms with Gasteiger partial charge in [0.05, 0.1) is 11.4 Å². The summed E-state index contributed by atoms with van der Waals surface area (Å²) in [6, 6.07) is 0. The third-order valence-corrected chi connectivity index (χ3v) is 2.74. The largest absolute Gasteiger partial charge is 0.479 e. The highest BCUT2D eigenvalue weighted by molar-refractivity contribution is 5.95. The second kappa shape index (κ2) is 6.21. The molecule has 0 aliphatic carbocycles. The van der Waals surface area contributed by atoms with Gasteiger partial charge in [0.1, 0.15) is 0 Å². The molecule has 0 saturated heterocycles. The molecule has 1 heterocycles. The third kappa shape index (κ3) is 3.24. The van der Waals surface area contributed by atoms with Crippen LogP contribution >= 0.6 is 0 Å². The molecule has 0 fully saturated rings. The number of carbonyl (C=O) groups is 2. The highest BCUT2D eigenvalue weighted by atomic mass is 16.6. The number of hydrogen-bond donors (Lipinski definition) is 2. The zero-order valence-corrected chi connectivity index (χ0v) is 11.3. The summed E-state index contributed by atoms with van der Waals surface area (Å²) >= 11 is 0. The van der Waals surface area contributed by atoms with Crippen molar-refractivity contribution in [3.63, 3.8) is 0 Å². The average molecular weight is 269 g/mol. The standard InChI is InChI=1S/C12H19N3O4/c1-4-6-8(11(16)17)19-12(18)10-9(13)7(3)14-15(10)5-2/h8H,4-6,13H2,1-3H3,(H,16,17). The molecule has 0 aromatic carbocycles. The summed E-state index contributed by atoms with van der Waals surface area (Å²) in [6.45, 7) is 5.76. The van der Waals surface area contributed by atoms with E-state index in [1.807, 2.05) is 13.8 Å². The molecule has 0 amide bonds. The fourth-order valence-corrected chi connectivity index (χ4v) is 1.72. The first kappa shape index (κ1) is 15.0. The predicted molar refractivity (Wildman–Crippen MR) is 68.8 cm³/mol. The molecular weight excluding hydrogens is 250 g/mol. The minimum absolute atomic E-state index is 0.113. The predicted octanol–water partition coefficient (Wildman–Crippen LogP) is 1.20. The normalized spacial score (nSPS) is 12.2. The van der Waals surface area contributed by atoms with Crippen LogP contribution in [0, 0.1) is 6.92 Å². The van der Waals surface area contributed by atoms with E-state index in [4.69, 9.17) is 15.6 Å². The quantitative estimate of drug-likeness (QED) is 0.751. The van der Waals surface area contributed by atoms with Gasteiger partial charge in [0, 0.05) is 6.54 Å². The molecule has 3 N–H and O–H groups in total. The van der Waals surface area contributed by atoms with Crippen molar-refractivity contribution in [1.82, 2.24) is 9.78 Å². The van der Waals surface area contributed by atoms with E-state index in [-0.39, 0.29) is 17.8 Å². The summed E-state index contributed by atoms with van der Waals surface area (Å²) in [5.74, 6) is -1.91. The van der Waals surface area contributed by atoms with Crippen molar-refractivity contribution in [3.8, 4) is 0 Å². The molecule has 1 unspecified atom stereocenters. The first-order chi connectivity index (χ1) is 8.92.